The van der Waals surface area contributed by atoms with E-state index in [1.165, 1.54) is 12.0 Å². The quantitative estimate of drug-likeness (QED) is 0.413. The molecule has 8 heteroatoms. The van der Waals surface area contributed by atoms with Crippen molar-refractivity contribution >= 4 is 23.4 Å². The van der Waals surface area contributed by atoms with Crippen molar-refractivity contribution in [1.82, 2.24) is 19.7 Å². The van der Waals surface area contributed by atoms with Crippen LogP contribution in [0.3, 0.4) is 0 Å². The first kappa shape index (κ1) is 26.5. The van der Waals surface area contributed by atoms with Gasteiger partial charge in [-0.3, -0.25) is 9.69 Å². The highest BCUT2D eigenvalue weighted by atomic mass is 32.2. The molecule has 1 unspecified atom stereocenters. The number of thioether (sulfide) groups is 1. The number of anilines is 1. The molecular weight excluding hydrogens is 506 g/mol. The third kappa shape index (κ3) is 4.50. The van der Waals surface area contributed by atoms with Crippen LogP contribution in [0.5, 0.6) is 0 Å². The number of nitrogens with zero attached hydrogens (tertiary/aromatic N) is 5. The van der Waals surface area contributed by atoms with E-state index < -0.39 is 0 Å². The number of amides is 1. The van der Waals surface area contributed by atoms with Gasteiger partial charge in [-0.05, 0) is 91.3 Å². The fourth-order valence-corrected chi connectivity index (χ4v) is 7.96. The van der Waals surface area contributed by atoms with Crippen molar-refractivity contribution in [3.8, 4) is 0 Å². The Kier molecular flexibility index (Phi) is 7.06. The lowest BCUT2D eigenvalue weighted by atomic mass is 9.58. The summed E-state index contributed by atoms with van der Waals surface area (Å²) >= 11 is 1.69. The summed E-state index contributed by atoms with van der Waals surface area (Å²) in [5.74, 6) is 2.27. The number of hydrogen-bond acceptors (Lipinski definition) is 6. The van der Waals surface area contributed by atoms with E-state index in [4.69, 9.17) is 0 Å². The van der Waals surface area contributed by atoms with Crippen LogP contribution in [0.25, 0.3) is 0 Å². The van der Waals surface area contributed by atoms with Crippen LogP contribution >= 0.6 is 11.8 Å². The van der Waals surface area contributed by atoms with Gasteiger partial charge in [0, 0.05) is 29.7 Å². The van der Waals surface area contributed by atoms with Crippen LogP contribution in [0.15, 0.2) is 47.6 Å². The maximum absolute atomic E-state index is 14.0. The molecule has 2 fully saturated rings. The molecule has 1 saturated heterocycles. The van der Waals surface area contributed by atoms with Gasteiger partial charge in [0.25, 0.3) is 5.91 Å². The van der Waals surface area contributed by atoms with Crippen molar-refractivity contribution in [2.75, 3.05) is 30.9 Å². The van der Waals surface area contributed by atoms with E-state index in [0.717, 1.165) is 65.4 Å². The lowest BCUT2D eigenvalue weighted by molar-refractivity contribution is 0.0836. The fraction of sp³-hybridized carbons (Fsp3) is 0.516. The van der Waals surface area contributed by atoms with Gasteiger partial charge >= 0.3 is 0 Å². The zero-order valence-corrected chi connectivity index (χ0v) is 24.2. The first-order chi connectivity index (χ1) is 18.8. The summed E-state index contributed by atoms with van der Waals surface area (Å²) in [4.78, 5) is 19.4. The number of likely N-dealkylation sites (tertiary alicyclic amines) is 1. The van der Waals surface area contributed by atoms with Gasteiger partial charge in [0.05, 0.1) is 24.6 Å². The maximum Gasteiger partial charge on any atom is 0.258 e. The minimum atomic E-state index is -0.173. The molecule has 1 saturated carbocycles. The minimum absolute atomic E-state index is 0.0395. The van der Waals surface area contributed by atoms with E-state index in [1.54, 1.807) is 18.1 Å². The predicted molar refractivity (Wildman–Crippen MR) is 155 cm³/mol. The Morgan fingerprint density at radius 1 is 1.18 bits per heavy atom. The van der Waals surface area contributed by atoms with E-state index in [2.05, 4.69) is 65.5 Å². The van der Waals surface area contributed by atoms with Crippen LogP contribution in [0, 0.1) is 11.8 Å². The highest BCUT2D eigenvalue weighted by Gasteiger charge is 2.48. The van der Waals surface area contributed by atoms with Gasteiger partial charge < -0.3 is 14.6 Å². The molecule has 0 radical (unpaired) electrons. The number of carbonyl (C=O) groups is 1. The molecular formula is C31H39N5O2S. The SMILES string of the molecule is CSc1cc(C(CO)N2CCC[C@H](C)C2)cc2c1CN(c1cccc(C3(c4nncn4C)CC(C)C3)c1)C2=O. The summed E-state index contributed by atoms with van der Waals surface area (Å²) in [6.07, 6.45) is 8.28. The molecule has 39 heavy (non-hydrogen) atoms. The van der Waals surface area contributed by atoms with Crippen LogP contribution in [-0.4, -0.2) is 56.6 Å². The smallest absolute Gasteiger partial charge is 0.258 e. The third-order valence-corrected chi connectivity index (χ3v) is 9.98. The largest absolute Gasteiger partial charge is 0.394 e. The molecule has 1 amide bonds. The maximum atomic E-state index is 14.0. The number of aliphatic hydroxyl groups is 1. The summed E-state index contributed by atoms with van der Waals surface area (Å²) < 4.78 is 2.03. The van der Waals surface area contributed by atoms with Gasteiger partial charge in [-0.1, -0.05) is 26.0 Å². The summed E-state index contributed by atoms with van der Waals surface area (Å²) in [7, 11) is 2.01. The summed E-state index contributed by atoms with van der Waals surface area (Å²) in [6, 6.07) is 12.7. The molecule has 206 valence electrons. The van der Waals surface area contributed by atoms with Crippen LogP contribution in [0.4, 0.5) is 5.69 Å². The zero-order valence-electron chi connectivity index (χ0n) is 23.4. The minimum Gasteiger partial charge on any atom is -0.394 e. The Balaban J connectivity index is 1.33. The molecule has 3 heterocycles. The van der Waals surface area contributed by atoms with Crippen LogP contribution in [0.1, 0.15) is 78.4 Å². The molecule has 6 rings (SSSR count). The molecule has 2 aromatic carbocycles. The van der Waals surface area contributed by atoms with Gasteiger partial charge in [-0.2, -0.15) is 0 Å². The first-order valence-electron chi connectivity index (χ1n) is 14.2. The zero-order chi connectivity index (χ0) is 27.3. The topological polar surface area (TPSA) is 74.5 Å². The fourth-order valence-electron chi connectivity index (χ4n) is 7.28. The predicted octanol–water partition coefficient (Wildman–Crippen LogP) is 5.18. The monoisotopic (exact) mass is 545 g/mol. The number of hydrogen-bond donors (Lipinski definition) is 1. The molecule has 0 spiro atoms. The van der Waals surface area contributed by atoms with Crippen molar-refractivity contribution in [3.05, 3.63) is 70.8 Å². The molecule has 7 nitrogen and oxygen atoms in total. The standard InChI is InChI=1S/C31H39N5O2S/c1-20-7-6-10-35(16-20)27(18-37)22-11-25-26(28(12-22)39-4)17-36(29(25)38)24-9-5-8-23(13-24)31(14-21(2)15-31)30-33-32-19-34(30)3/h5,8-9,11-13,19-21,27,37H,6-7,10,14-18H2,1-4H3/t20-,21?,27?,31?/m0/s1. The van der Waals surface area contributed by atoms with E-state index in [-0.39, 0.29) is 24.0 Å². The molecule has 1 aliphatic carbocycles. The number of piperidine rings is 1. The molecule has 1 N–H and O–H groups in total. The van der Waals surface area contributed by atoms with E-state index in [9.17, 15) is 9.90 Å². The number of benzene rings is 2. The van der Waals surface area contributed by atoms with Crippen molar-refractivity contribution in [3.63, 3.8) is 0 Å². The third-order valence-electron chi connectivity index (χ3n) is 9.17. The molecule has 3 aromatic rings. The van der Waals surface area contributed by atoms with E-state index in [1.807, 2.05) is 22.6 Å². The molecule has 3 aliphatic rings. The second kappa shape index (κ2) is 10.4. The average Bonchev–Trinajstić information content (AvgIpc) is 3.50. The van der Waals surface area contributed by atoms with Gasteiger partial charge in [-0.15, -0.1) is 22.0 Å². The van der Waals surface area contributed by atoms with E-state index in [0.29, 0.717) is 18.4 Å². The van der Waals surface area contributed by atoms with Crippen LogP contribution in [-0.2, 0) is 19.0 Å². The van der Waals surface area contributed by atoms with E-state index >= 15 is 0 Å². The Labute approximate surface area is 235 Å². The van der Waals surface area contributed by atoms with Gasteiger partial charge in [0.2, 0.25) is 0 Å². The number of aliphatic hydroxyl groups excluding tert-OH is 1. The average molecular weight is 546 g/mol. The number of rotatable bonds is 7. The normalized spacial score (nSPS) is 26.0. The summed E-state index contributed by atoms with van der Waals surface area (Å²) in [5.41, 5.74) is 4.85. The van der Waals surface area contributed by atoms with Crippen molar-refractivity contribution < 1.29 is 9.90 Å². The number of aromatic nitrogens is 3. The van der Waals surface area contributed by atoms with Crippen LogP contribution < -0.4 is 4.90 Å². The number of aryl methyl sites for hydroxylation is 1. The summed E-state index contributed by atoms with van der Waals surface area (Å²) in [6.45, 7) is 7.15. The van der Waals surface area contributed by atoms with Crippen molar-refractivity contribution in [1.29, 1.82) is 0 Å². The molecule has 0 bridgehead atoms. The lowest BCUT2D eigenvalue weighted by Gasteiger charge is -2.46. The molecule has 1 aromatic heterocycles. The Bertz CT molecular complexity index is 1380. The molecule has 2 atom stereocenters. The second-order valence-corrected chi connectivity index (χ2v) is 12.8. The van der Waals surface area contributed by atoms with Crippen molar-refractivity contribution in [2.24, 2.45) is 18.9 Å². The number of carbonyl (C=O) groups excluding carboxylic acids is 1. The lowest BCUT2D eigenvalue weighted by Crippen LogP contribution is -2.43. The van der Waals surface area contributed by atoms with Crippen molar-refractivity contribution in [2.45, 2.75) is 62.4 Å². The number of fused-ring (bicyclic) bond motifs is 1. The summed E-state index contributed by atoms with van der Waals surface area (Å²) in [5, 5.41) is 19.1. The van der Waals surface area contributed by atoms with Gasteiger partial charge in [0.1, 0.15) is 12.2 Å². The Hall–Kier alpha value is -2.68. The second-order valence-electron chi connectivity index (χ2n) is 12.0. The Morgan fingerprint density at radius 3 is 2.67 bits per heavy atom. The van der Waals surface area contributed by atoms with Crippen LogP contribution in [0.2, 0.25) is 0 Å². The molecule has 2 aliphatic heterocycles. The van der Waals surface area contributed by atoms with Gasteiger partial charge in [0.15, 0.2) is 0 Å². The highest BCUT2D eigenvalue weighted by Crippen LogP contribution is 2.52. The van der Waals surface area contributed by atoms with Gasteiger partial charge in [-0.25, -0.2) is 0 Å². The Morgan fingerprint density at radius 2 is 2.00 bits per heavy atom. The first-order valence-corrected chi connectivity index (χ1v) is 15.4. The highest BCUT2D eigenvalue weighted by molar-refractivity contribution is 7.98.